The fraction of sp³-hybridized carbons (Fsp3) is 0.400. The lowest BCUT2D eigenvalue weighted by Crippen LogP contribution is -2.52. The number of hydrogen-bond donors (Lipinski definition) is 1. The highest BCUT2D eigenvalue weighted by molar-refractivity contribution is 9.10. The number of alkyl halides is 7. The predicted octanol–water partition coefficient (Wildman–Crippen LogP) is 7.59. The number of amides is 1. The van der Waals surface area contributed by atoms with Crippen LogP contribution in [0.25, 0.3) is 16.9 Å². The van der Waals surface area contributed by atoms with Crippen molar-refractivity contribution in [3.05, 3.63) is 57.4 Å². The van der Waals surface area contributed by atoms with E-state index in [1.807, 2.05) is 6.07 Å². The molecular weight excluding hydrogens is 635 g/mol. The molecule has 214 valence electrons. The van der Waals surface area contributed by atoms with E-state index in [2.05, 4.69) is 26.3 Å². The number of rotatable bonds is 5. The van der Waals surface area contributed by atoms with Crippen molar-refractivity contribution in [3.63, 3.8) is 0 Å². The van der Waals surface area contributed by atoms with Gasteiger partial charge in [-0.2, -0.15) is 36.7 Å². The Morgan fingerprint density at radius 3 is 2.17 bits per heavy atom. The van der Waals surface area contributed by atoms with Gasteiger partial charge in [0, 0.05) is 17.3 Å². The summed E-state index contributed by atoms with van der Waals surface area (Å²) in [6, 6.07) is 6.84. The van der Waals surface area contributed by atoms with Crippen LogP contribution in [0.1, 0.15) is 49.7 Å². The number of carbonyl (C=O) groups excluding carboxylic acids is 1. The molecule has 40 heavy (non-hydrogen) atoms. The maximum absolute atomic E-state index is 15.2. The molecule has 2 aromatic heterocycles. The van der Waals surface area contributed by atoms with Gasteiger partial charge in [0.15, 0.2) is 0 Å². The molecule has 6 nitrogen and oxygen atoms in total. The Kier molecular flexibility index (Phi) is 7.11. The van der Waals surface area contributed by atoms with Crippen LogP contribution in [0.3, 0.4) is 0 Å². The van der Waals surface area contributed by atoms with Crippen molar-refractivity contribution < 1.29 is 35.5 Å². The minimum Gasteiger partial charge on any atom is -0.334 e. The summed E-state index contributed by atoms with van der Waals surface area (Å²) in [5.41, 5.74) is -9.02. The first kappa shape index (κ1) is 29.9. The van der Waals surface area contributed by atoms with E-state index in [1.165, 1.54) is 51.4 Å². The Balaban J connectivity index is 1.83. The largest absolute Gasteiger partial charge is 0.437 e. The molecule has 1 aliphatic rings. The second-order valence-corrected chi connectivity index (χ2v) is 11.6. The average Bonchev–Trinajstić information content (AvgIpc) is 3.26. The highest BCUT2D eigenvalue weighted by Crippen LogP contribution is 2.55. The molecule has 0 spiro atoms. The van der Waals surface area contributed by atoms with Gasteiger partial charge in [0.2, 0.25) is 0 Å². The van der Waals surface area contributed by atoms with Gasteiger partial charge >= 0.3 is 18.0 Å². The van der Waals surface area contributed by atoms with E-state index >= 15 is 4.39 Å². The smallest absolute Gasteiger partial charge is 0.334 e. The Labute approximate surface area is 236 Å². The van der Waals surface area contributed by atoms with Crippen LogP contribution in [0.2, 0.25) is 5.02 Å². The minimum atomic E-state index is -6.32. The van der Waals surface area contributed by atoms with Gasteiger partial charge < -0.3 is 9.88 Å². The average molecular weight is 655 g/mol. The maximum atomic E-state index is 15.2. The monoisotopic (exact) mass is 653 g/mol. The SMILES string of the molecule is CC(C)(C)n1c(C(F)(C(F)(F)F)C(F)(F)F)cc(Br)c1-n1cc(-c2ccc(Cl)c(C(=O)NC3(C#N)CC3)c2)cn1. The number of halogens is 9. The van der Waals surface area contributed by atoms with E-state index in [0.29, 0.717) is 34.6 Å². The summed E-state index contributed by atoms with van der Waals surface area (Å²) in [5, 5.41) is 16.1. The van der Waals surface area contributed by atoms with Crippen LogP contribution in [0, 0.1) is 11.3 Å². The number of benzene rings is 1. The fourth-order valence-electron chi connectivity index (χ4n) is 4.21. The van der Waals surface area contributed by atoms with Crippen LogP contribution in [0.15, 0.2) is 41.1 Å². The van der Waals surface area contributed by atoms with E-state index in [1.54, 1.807) is 0 Å². The molecule has 3 aromatic rings. The van der Waals surface area contributed by atoms with Crippen molar-refractivity contribution in [3.8, 4) is 23.0 Å². The van der Waals surface area contributed by atoms with Gasteiger partial charge in [0.05, 0.1) is 33.0 Å². The molecule has 0 aliphatic heterocycles. The van der Waals surface area contributed by atoms with Gasteiger partial charge in [-0.05, 0) is 73.3 Å². The number of hydrogen-bond acceptors (Lipinski definition) is 3. The number of nitrogens with zero attached hydrogens (tertiary/aromatic N) is 4. The van der Waals surface area contributed by atoms with E-state index in [-0.39, 0.29) is 20.9 Å². The molecule has 0 unspecified atom stereocenters. The van der Waals surface area contributed by atoms with Crippen molar-refractivity contribution >= 4 is 33.4 Å². The topological polar surface area (TPSA) is 75.6 Å². The quantitative estimate of drug-likeness (QED) is 0.288. The summed E-state index contributed by atoms with van der Waals surface area (Å²) in [6.07, 6.45) is -9.08. The van der Waals surface area contributed by atoms with Crippen molar-refractivity contribution in [1.82, 2.24) is 19.7 Å². The third kappa shape index (κ3) is 4.98. The van der Waals surface area contributed by atoms with E-state index in [0.717, 1.165) is 4.68 Å². The molecule has 1 saturated carbocycles. The van der Waals surface area contributed by atoms with Crippen LogP contribution in [-0.2, 0) is 11.2 Å². The Morgan fingerprint density at radius 1 is 1.07 bits per heavy atom. The molecule has 1 aliphatic carbocycles. The summed E-state index contributed by atoms with van der Waals surface area (Å²) < 4.78 is 98.6. The molecule has 1 N–H and O–H groups in total. The molecule has 1 amide bonds. The van der Waals surface area contributed by atoms with Crippen molar-refractivity contribution in [1.29, 1.82) is 5.26 Å². The lowest BCUT2D eigenvalue weighted by molar-refractivity contribution is -0.351. The van der Waals surface area contributed by atoms with Gasteiger partial charge in [-0.1, -0.05) is 17.7 Å². The van der Waals surface area contributed by atoms with Crippen molar-refractivity contribution in [2.45, 2.75) is 62.7 Å². The Morgan fingerprint density at radius 2 is 1.68 bits per heavy atom. The number of nitriles is 1. The van der Waals surface area contributed by atoms with E-state index in [9.17, 15) is 36.4 Å². The van der Waals surface area contributed by atoms with Gasteiger partial charge in [0.1, 0.15) is 11.4 Å². The standard InChI is InChI=1S/C25H20BrClF7N5O/c1-21(2,3)39-18(23(28,24(29,30)31)25(32,33)34)9-16(26)20(39)38-11-14(10-36-38)13-4-5-17(27)15(8-13)19(40)37-22(12-35)6-7-22/h4-5,8-11H,6-7H2,1-3H3,(H,37,40). The molecule has 1 fully saturated rings. The summed E-state index contributed by atoms with van der Waals surface area (Å²) >= 11 is 9.18. The van der Waals surface area contributed by atoms with Crippen LogP contribution in [0.5, 0.6) is 0 Å². The second-order valence-electron chi connectivity index (χ2n) is 10.4. The first-order valence-electron chi connectivity index (χ1n) is 11.6. The van der Waals surface area contributed by atoms with Crippen molar-refractivity contribution in [2.24, 2.45) is 0 Å². The zero-order valence-corrected chi connectivity index (χ0v) is 23.3. The lowest BCUT2D eigenvalue weighted by atomic mass is 9.98. The molecule has 2 heterocycles. The van der Waals surface area contributed by atoms with Crippen LogP contribution in [-0.4, -0.2) is 38.1 Å². The predicted molar refractivity (Wildman–Crippen MR) is 135 cm³/mol. The maximum Gasteiger partial charge on any atom is 0.437 e. The van der Waals surface area contributed by atoms with Gasteiger partial charge in [-0.25, -0.2) is 9.07 Å². The molecule has 0 radical (unpaired) electrons. The second kappa shape index (κ2) is 9.51. The van der Waals surface area contributed by atoms with E-state index < -0.39 is 40.7 Å². The summed E-state index contributed by atoms with van der Waals surface area (Å²) in [6.45, 7) is 3.96. The summed E-state index contributed by atoms with van der Waals surface area (Å²) in [5.74, 6) is -0.883. The zero-order chi connectivity index (χ0) is 30.1. The first-order chi connectivity index (χ1) is 18.3. The molecule has 0 atom stereocenters. The molecule has 1 aromatic carbocycles. The number of aromatic nitrogens is 3. The van der Waals surface area contributed by atoms with Crippen LogP contribution >= 0.6 is 27.5 Å². The Bertz CT molecular complexity index is 1510. The third-order valence-corrected chi connectivity index (χ3v) is 7.31. The summed E-state index contributed by atoms with van der Waals surface area (Å²) in [7, 11) is 0. The third-order valence-electron chi connectivity index (χ3n) is 6.40. The fourth-order valence-corrected chi connectivity index (χ4v) is 4.99. The van der Waals surface area contributed by atoms with Crippen molar-refractivity contribution in [2.75, 3.05) is 0 Å². The molecule has 0 saturated heterocycles. The number of carbonyl (C=O) groups is 1. The van der Waals surface area contributed by atoms with Crippen LogP contribution < -0.4 is 5.32 Å². The lowest BCUT2D eigenvalue weighted by Gasteiger charge is -2.35. The molecule has 15 heteroatoms. The summed E-state index contributed by atoms with van der Waals surface area (Å²) in [4.78, 5) is 12.8. The minimum absolute atomic E-state index is 0.0487. The normalized spacial score (nSPS) is 15.6. The van der Waals surface area contributed by atoms with Gasteiger partial charge in [-0.15, -0.1) is 0 Å². The zero-order valence-electron chi connectivity index (χ0n) is 21.0. The number of nitrogens with one attached hydrogen (secondary N) is 1. The van der Waals surface area contributed by atoms with Gasteiger partial charge in [0.25, 0.3) is 5.91 Å². The highest BCUT2D eigenvalue weighted by Gasteiger charge is 2.75. The van der Waals surface area contributed by atoms with E-state index in [4.69, 9.17) is 11.6 Å². The molecule has 4 rings (SSSR count). The highest BCUT2D eigenvalue weighted by atomic mass is 79.9. The van der Waals surface area contributed by atoms with Crippen LogP contribution in [0.4, 0.5) is 30.7 Å². The van der Waals surface area contributed by atoms with Gasteiger partial charge in [-0.3, -0.25) is 4.79 Å². The molecule has 0 bridgehead atoms. The molecular formula is C25H20BrClF7N5O. The Hall–Kier alpha value is -3.05. The first-order valence-corrected chi connectivity index (χ1v) is 12.8.